The Morgan fingerprint density at radius 1 is 1.38 bits per heavy atom. The van der Waals surface area contributed by atoms with Crippen LogP contribution in [-0.2, 0) is 27.8 Å². The van der Waals surface area contributed by atoms with E-state index >= 15 is 0 Å². The Hall–Kier alpha value is -2.63. The van der Waals surface area contributed by atoms with E-state index in [-0.39, 0.29) is 16.7 Å². The monoisotopic (exact) mass is 424 g/mol. The van der Waals surface area contributed by atoms with Crippen molar-refractivity contribution in [1.29, 1.82) is 0 Å². The normalized spacial score (nSPS) is 14.9. The van der Waals surface area contributed by atoms with Gasteiger partial charge < -0.3 is 19.3 Å². The number of hydroxylamine groups is 2. The molecule has 3 heterocycles. The van der Waals surface area contributed by atoms with Crippen molar-refractivity contribution in [3.63, 3.8) is 0 Å². The lowest BCUT2D eigenvalue weighted by molar-refractivity contribution is -0.0568. The number of imidazole rings is 1. The summed E-state index contributed by atoms with van der Waals surface area (Å²) in [5.74, 6) is 0.830. The summed E-state index contributed by atoms with van der Waals surface area (Å²) < 4.78 is 47.1. The molecule has 1 aliphatic heterocycles. The zero-order valence-electron chi connectivity index (χ0n) is 15.4. The summed E-state index contributed by atoms with van der Waals surface area (Å²) in [5.41, 5.74) is 2.51. The predicted molar refractivity (Wildman–Crippen MR) is 100.0 cm³/mol. The number of aromatic nitrogens is 3. The van der Waals surface area contributed by atoms with Crippen molar-refractivity contribution in [2.45, 2.75) is 24.1 Å². The van der Waals surface area contributed by atoms with E-state index in [4.69, 9.17) is 9.57 Å². The summed E-state index contributed by atoms with van der Waals surface area (Å²) >= 11 is 0. The highest BCUT2D eigenvalue weighted by Crippen LogP contribution is 2.30. The number of fused-ring (bicyclic) bond motifs is 2. The SMILES string of the molecule is COCCN1Cc2c(ccnc2CS(=O)c2nc3ccc(OC(F)F)cc3[nH]2)O1. The zero-order chi connectivity index (χ0) is 20.4. The van der Waals surface area contributed by atoms with Crippen molar-refractivity contribution in [2.75, 3.05) is 20.3 Å². The average molecular weight is 424 g/mol. The predicted octanol–water partition coefficient (Wildman–Crippen LogP) is 2.62. The molecule has 0 bridgehead atoms. The lowest BCUT2D eigenvalue weighted by Gasteiger charge is -2.12. The van der Waals surface area contributed by atoms with Gasteiger partial charge in [-0.15, -0.1) is 5.06 Å². The minimum atomic E-state index is -2.92. The first kappa shape index (κ1) is 19.7. The molecule has 1 unspecified atom stereocenters. The van der Waals surface area contributed by atoms with Crippen molar-refractivity contribution in [3.8, 4) is 11.5 Å². The van der Waals surface area contributed by atoms with Crippen LogP contribution in [0.15, 0.2) is 35.6 Å². The Kier molecular flexibility index (Phi) is 5.69. The number of pyridine rings is 1. The fraction of sp³-hybridized carbons (Fsp3) is 0.333. The van der Waals surface area contributed by atoms with Crippen molar-refractivity contribution >= 4 is 21.8 Å². The molecule has 0 spiro atoms. The summed E-state index contributed by atoms with van der Waals surface area (Å²) in [7, 11) is 0.110. The van der Waals surface area contributed by atoms with E-state index in [0.29, 0.717) is 42.2 Å². The van der Waals surface area contributed by atoms with Gasteiger partial charge in [-0.1, -0.05) is 0 Å². The third-order valence-electron chi connectivity index (χ3n) is 4.35. The fourth-order valence-corrected chi connectivity index (χ4v) is 4.06. The molecule has 2 aromatic heterocycles. The van der Waals surface area contributed by atoms with Gasteiger partial charge in [0, 0.05) is 31.0 Å². The summed E-state index contributed by atoms with van der Waals surface area (Å²) in [6.07, 6.45) is 1.61. The number of H-pyrrole nitrogens is 1. The maximum Gasteiger partial charge on any atom is 0.387 e. The van der Waals surface area contributed by atoms with Crippen molar-refractivity contribution in [3.05, 3.63) is 41.7 Å². The molecular formula is C18H18F2N4O4S. The number of aromatic amines is 1. The Balaban J connectivity index is 1.51. The van der Waals surface area contributed by atoms with Gasteiger partial charge >= 0.3 is 6.61 Å². The molecule has 1 aromatic carbocycles. The Morgan fingerprint density at radius 3 is 3.03 bits per heavy atom. The first-order chi connectivity index (χ1) is 14.0. The molecule has 8 nitrogen and oxygen atoms in total. The summed E-state index contributed by atoms with van der Waals surface area (Å²) in [4.78, 5) is 17.3. The third kappa shape index (κ3) is 4.36. The molecule has 0 saturated heterocycles. The second-order valence-corrected chi connectivity index (χ2v) is 7.64. The van der Waals surface area contributed by atoms with Gasteiger partial charge in [-0.2, -0.15) is 8.78 Å². The van der Waals surface area contributed by atoms with Crippen LogP contribution in [0.3, 0.4) is 0 Å². The van der Waals surface area contributed by atoms with Gasteiger partial charge in [-0.05, 0) is 12.1 Å². The quantitative estimate of drug-likeness (QED) is 0.595. The van der Waals surface area contributed by atoms with Crippen molar-refractivity contribution in [1.82, 2.24) is 20.0 Å². The number of nitrogens with zero attached hydrogens (tertiary/aromatic N) is 3. The van der Waals surface area contributed by atoms with Crippen LogP contribution in [0.5, 0.6) is 11.5 Å². The van der Waals surface area contributed by atoms with Crippen LogP contribution in [-0.4, -0.2) is 51.1 Å². The lowest BCUT2D eigenvalue weighted by atomic mass is 10.2. The number of hydrogen-bond acceptors (Lipinski definition) is 7. The molecule has 0 amide bonds. The molecule has 1 atom stereocenters. The van der Waals surface area contributed by atoms with Crippen LogP contribution in [0.1, 0.15) is 11.3 Å². The van der Waals surface area contributed by atoms with Gasteiger partial charge in [0.25, 0.3) is 0 Å². The molecule has 3 aromatic rings. The van der Waals surface area contributed by atoms with E-state index in [2.05, 4.69) is 19.7 Å². The molecule has 0 fully saturated rings. The second kappa shape index (κ2) is 8.39. The molecular weight excluding hydrogens is 406 g/mol. The third-order valence-corrected chi connectivity index (χ3v) is 5.51. The molecule has 154 valence electrons. The standard InChI is InChI=1S/C18H18F2N4O4S/c1-26-7-6-24-9-12-15(21-5-4-16(12)28-24)10-29(25)18-22-13-3-2-11(27-17(19)20)8-14(13)23-18/h2-5,8,17H,6-7,9-10H2,1H3,(H,22,23). The molecule has 4 rings (SSSR count). The number of rotatable bonds is 8. The van der Waals surface area contributed by atoms with Gasteiger partial charge in [0.05, 0.1) is 53.0 Å². The minimum absolute atomic E-state index is 0.00401. The van der Waals surface area contributed by atoms with E-state index in [1.807, 2.05) is 0 Å². The largest absolute Gasteiger partial charge is 0.435 e. The first-order valence-electron chi connectivity index (χ1n) is 8.75. The highest BCUT2D eigenvalue weighted by Gasteiger charge is 2.25. The summed E-state index contributed by atoms with van der Waals surface area (Å²) in [6.45, 7) is -1.27. The Bertz CT molecular complexity index is 1050. The molecule has 0 saturated carbocycles. The highest BCUT2D eigenvalue weighted by atomic mass is 32.2. The number of halogens is 2. The van der Waals surface area contributed by atoms with Gasteiger partial charge in [-0.25, -0.2) is 4.98 Å². The number of hydrogen-bond donors (Lipinski definition) is 1. The van der Waals surface area contributed by atoms with E-state index in [0.717, 1.165) is 5.56 Å². The molecule has 11 heteroatoms. The fourth-order valence-electron chi connectivity index (χ4n) is 3.00. The summed E-state index contributed by atoms with van der Waals surface area (Å²) in [6, 6.07) is 6.08. The van der Waals surface area contributed by atoms with Crippen LogP contribution in [0.2, 0.25) is 0 Å². The van der Waals surface area contributed by atoms with Gasteiger partial charge in [-0.3, -0.25) is 9.19 Å². The van der Waals surface area contributed by atoms with Crippen LogP contribution in [0, 0.1) is 0 Å². The number of ether oxygens (including phenoxy) is 2. The Morgan fingerprint density at radius 2 is 2.24 bits per heavy atom. The van der Waals surface area contributed by atoms with Crippen LogP contribution in [0.4, 0.5) is 8.78 Å². The van der Waals surface area contributed by atoms with Gasteiger partial charge in [0.15, 0.2) is 10.9 Å². The maximum atomic E-state index is 12.9. The lowest BCUT2D eigenvalue weighted by Crippen LogP contribution is -2.25. The van der Waals surface area contributed by atoms with Gasteiger partial charge in [0.2, 0.25) is 0 Å². The van der Waals surface area contributed by atoms with Crippen LogP contribution < -0.4 is 9.57 Å². The molecule has 1 aliphatic rings. The maximum absolute atomic E-state index is 12.9. The molecule has 1 N–H and O–H groups in total. The number of nitrogens with one attached hydrogen (secondary N) is 1. The topological polar surface area (TPSA) is 89.6 Å². The van der Waals surface area contributed by atoms with Crippen LogP contribution >= 0.6 is 0 Å². The molecule has 29 heavy (non-hydrogen) atoms. The summed E-state index contributed by atoms with van der Waals surface area (Å²) in [5, 5.41) is 2.00. The number of alkyl halides is 2. The van der Waals surface area contributed by atoms with Gasteiger partial charge in [0.1, 0.15) is 5.75 Å². The number of benzene rings is 1. The average Bonchev–Trinajstić information content (AvgIpc) is 3.29. The zero-order valence-corrected chi connectivity index (χ0v) is 16.2. The molecule has 0 radical (unpaired) electrons. The van der Waals surface area contributed by atoms with Crippen molar-refractivity contribution in [2.24, 2.45) is 0 Å². The van der Waals surface area contributed by atoms with E-state index in [9.17, 15) is 13.0 Å². The minimum Gasteiger partial charge on any atom is -0.435 e. The van der Waals surface area contributed by atoms with Crippen LogP contribution in [0.25, 0.3) is 11.0 Å². The number of methoxy groups -OCH3 is 1. The second-order valence-electron chi connectivity index (χ2n) is 6.27. The van der Waals surface area contributed by atoms with E-state index in [1.165, 1.54) is 18.2 Å². The van der Waals surface area contributed by atoms with Crippen molar-refractivity contribution < 1.29 is 27.3 Å². The van der Waals surface area contributed by atoms with E-state index in [1.54, 1.807) is 24.4 Å². The first-order valence-corrected chi connectivity index (χ1v) is 10.1. The molecule has 0 aliphatic carbocycles. The Labute approximate surface area is 167 Å². The van der Waals surface area contributed by atoms with E-state index < -0.39 is 17.4 Å². The smallest absolute Gasteiger partial charge is 0.387 e. The highest BCUT2D eigenvalue weighted by molar-refractivity contribution is 7.84.